The van der Waals surface area contributed by atoms with Gasteiger partial charge in [0.25, 0.3) is 0 Å². The van der Waals surface area contributed by atoms with Crippen molar-refractivity contribution in [3.05, 3.63) is 29.4 Å². The van der Waals surface area contributed by atoms with Gasteiger partial charge in [0.05, 0.1) is 5.02 Å². The summed E-state index contributed by atoms with van der Waals surface area (Å²) in [6.45, 7) is 6.95. The minimum absolute atomic E-state index is 0.521. The summed E-state index contributed by atoms with van der Waals surface area (Å²) >= 11 is 5.81. The van der Waals surface area contributed by atoms with Crippen molar-refractivity contribution in [2.75, 3.05) is 0 Å². The van der Waals surface area contributed by atoms with E-state index in [2.05, 4.69) is 23.3 Å². The number of rotatable bonds is 2. The standard InChI is InChI=1S/C8H7ClN2/c1-3-6-7(9)4-5-11-8(6)10-2/h3-5H,1-2H2. The van der Waals surface area contributed by atoms with E-state index in [-0.39, 0.29) is 0 Å². The Hall–Kier alpha value is -1.15. The Morgan fingerprint density at radius 1 is 1.64 bits per heavy atom. The van der Waals surface area contributed by atoms with E-state index in [1.807, 2.05) is 0 Å². The van der Waals surface area contributed by atoms with Crippen LogP contribution in [0.4, 0.5) is 5.82 Å². The van der Waals surface area contributed by atoms with Crippen molar-refractivity contribution >= 4 is 30.2 Å². The molecule has 0 unspecified atom stereocenters. The van der Waals surface area contributed by atoms with Crippen molar-refractivity contribution < 1.29 is 0 Å². The molecule has 0 aromatic carbocycles. The molecule has 1 aromatic heterocycles. The number of pyridine rings is 1. The van der Waals surface area contributed by atoms with Crippen LogP contribution in [-0.2, 0) is 0 Å². The van der Waals surface area contributed by atoms with Crippen molar-refractivity contribution in [1.29, 1.82) is 0 Å². The third-order valence-corrected chi connectivity index (χ3v) is 1.60. The Balaban J connectivity index is 3.35. The molecule has 1 heterocycles. The Kier molecular flexibility index (Phi) is 2.39. The normalized spacial score (nSPS) is 9.18. The van der Waals surface area contributed by atoms with Crippen LogP contribution in [0.15, 0.2) is 23.8 Å². The lowest BCUT2D eigenvalue weighted by Crippen LogP contribution is -1.79. The maximum atomic E-state index is 5.81. The average Bonchev–Trinajstić information content (AvgIpc) is 2.04. The summed E-state index contributed by atoms with van der Waals surface area (Å²) in [5.41, 5.74) is 0.726. The van der Waals surface area contributed by atoms with E-state index in [4.69, 9.17) is 11.6 Å². The molecule has 11 heavy (non-hydrogen) atoms. The monoisotopic (exact) mass is 166 g/mol. The first kappa shape index (κ1) is 7.95. The largest absolute Gasteiger partial charge is 0.245 e. The van der Waals surface area contributed by atoms with E-state index in [1.54, 1.807) is 18.3 Å². The molecule has 0 aliphatic rings. The number of aliphatic imine (C=N–C) groups is 1. The average molecular weight is 167 g/mol. The van der Waals surface area contributed by atoms with Gasteiger partial charge < -0.3 is 0 Å². The van der Waals surface area contributed by atoms with E-state index in [0.717, 1.165) is 5.56 Å². The fourth-order valence-corrected chi connectivity index (χ4v) is 0.972. The second kappa shape index (κ2) is 3.30. The first-order valence-corrected chi connectivity index (χ1v) is 3.41. The summed E-state index contributed by atoms with van der Waals surface area (Å²) in [6, 6.07) is 1.69. The maximum Gasteiger partial charge on any atom is 0.159 e. The minimum Gasteiger partial charge on any atom is -0.245 e. The van der Waals surface area contributed by atoms with Crippen LogP contribution in [0.3, 0.4) is 0 Å². The summed E-state index contributed by atoms with van der Waals surface area (Å²) in [4.78, 5) is 7.63. The second-order valence-electron chi connectivity index (χ2n) is 1.89. The molecule has 0 N–H and O–H groups in total. The van der Waals surface area contributed by atoms with Crippen LogP contribution in [0.5, 0.6) is 0 Å². The molecular weight excluding hydrogens is 160 g/mol. The zero-order valence-corrected chi connectivity index (χ0v) is 6.67. The molecule has 1 aromatic rings. The lowest BCUT2D eigenvalue weighted by atomic mass is 10.2. The first-order chi connectivity index (χ1) is 5.29. The molecule has 56 valence electrons. The third-order valence-electron chi connectivity index (χ3n) is 1.27. The molecule has 1 rings (SSSR count). The molecular formula is C8H7ClN2. The summed E-state index contributed by atoms with van der Waals surface area (Å²) < 4.78 is 0. The molecule has 0 spiro atoms. The lowest BCUT2D eigenvalue weighted by Gasteiger charge is -1.99. The van der Waals surface area contributed by atoms with E-state index in [1.165, 1.54) is 0 Å². The predicted octanol–water partition coefficient (Wildman–Crippen LogP) is 2.71. The van der Waals surface area contributed by atoms with E-state index < -0.39 is 0 Å². The van der Waals surface area contributed by atoms with Crippen LogP contribution in [0, 0.1) is 0 Å². The van der Waals surface area contributed by atoms with E-state index in [0.29, 0.717) is 10.8 Å². The van der Waals surface area contributed by atoms with Crippen molar-refractivity contribution in [2.24, 2.45) is 4.99 Å². The highest BCUT2D eigenvalue weighted by Crippen LogP contribution is 2.24. The fraction of sp³-hybridized carbons (Fsp3) is 0. The SMILES string of the molecule is C=Cc1c(Cl)ccnc1N=C. The van der Waals surface area contributed by atoms with Crippen LogP contribution >= 0.6 is 11.6 Å². The van der Waals surface area contributed by atoms with Gasteiger partial charge in [-0.05, 0) is 12.8 Å². The molecule has 0 bridgehead atoms. The highest BCUT2D eigenvalue weighted by Gasteiger charge is 2.01. The molecule has 0 radical (unpaired) electrons. The summed E-state index contributed by atoms with van der Waals surface area (Å²) in [6.07, 6.45) is 3.19. The van der Waals surface area contributed by atoms with Gasteiger partial charge in [-0.25, -0.2) is 9.98 Å². The van der Waals surface area contributed by atoms with Gasteiger partial charge in [0.15, 0.2) is 5.82 Å². The van der Waals surface area contributed by atoms with Crippen LogP contribution in [0.2, 0.25) is 5.02 Å². The quantitative estimate of drug-likeness (QED) is 0.621. The summed E-state index contributed by atoms with van der Waals surface area (Å²) in [5, 5.41) is 0.595. The van der Waals surface area contributed by atoms with Gasteiger partial charge in [-0.1, -0.05) is 24.3 Å². The van der Waals surface area contributed by atoms with E-state index in [9.17, 15) is 0 Å². The zero-order chi connectivity index (χ0) is 8.27. The van der Waals surface area contributed by atoms with Crippen molar-refractivity contribution in [3.63, 3.8) is 0 Å². The smallest absolute Gasteiger partial charge is 0.159 e. The molecule has 0 saturated heterocycles. The number of aromatic nitrogens is 1. The van der Waals surface area contributed by atoms with Crippen LogP contribution in [0.25, 0.3) is 6.08 Å². The molecule has 0 atom stereocenters. The third kappa shape index (κ3) is 1.46. The van der Waals surface area contributed by atoms with Gasteiger partial charge >= 0.3 is 0 Å². The van der Waals surface area contributed by atoms with Gasteiger partial charge in [-0.2, -0.15) is 0 Å². The number of hydrogen-bond donors (Lipinski definition) is 0. The highest BCUT2D eigenvalue weighted by molar-refractivity contribution is 6.32. The van der Waals surface area contributed by atoms with Crippen LogP contribution in [-0.4, -0.2) is 11.7 Å². The number of halogens is 1. The van der Waals surface area contributed by atoms with Gasteiger partial charge in [0.2, 0.25) is 0 Å². The van der Waals surface area contributed by atoms with Crippen LogP contribution in [0.1, 0.15) is 5.56 Å². The predicted molar refractivity (Wildman–Crippen MR) is 48.5 cm³/mol. The summed E-state index contributed by atoms with van der Waals surface area (Å²) in [5.74, 6) is 0.521. The molecule has 2 nitrogen and oxygen atoms in total. The maximum absolute atomic E-state index is 5.81. The van der Waals surface area contributed by atoms with Crippen LogP contribution < -0.4 is 0 Å². The van der Waals surface area contributed by atoms with Gasteiger partial charge in [0, 0.05) is 11.8 Å². The molecule has 0 aliphatic carbocycles. The van der Waals surface area contributed by atoms with E-state index >= 15 is 0 Å². The zero-order valence-electron chi connectivity index (χ0n) is 5.92. The topological polar surface area (TPSA) is 25.2 Å². The van der Waals surface area contributed by atoms with Crippen molar-refractivity contribution in [2.45, 2.75) is 0 Å². The lowest BCUT2D eigenvalue weighted by molar-refractivity contribution is 1.27. The Bertz CT molecular complexity index is 294. The second-order valence-corrected chi connectivity index (χ2v) is 2.30. The minimum atomic E-state index is 0.521. The molecule has 0 fully saturated rings. The Morgan fingerprint density at radius 2 is 2.36 bits per heavy atom. The first-order valence-electron chi connectivity index (χ1n) is 3.03. The molecule has 0 saturated carbocycles. The van der Waals surface area contributed by atoms with Gasteiger partial charge in [0.1, 0.15) is 0 Å². The Morgan fingerprint density at radius 3 is 2.82 bits per heavy atom. The summed E-state index contributed by atoms with van der Waals surface area (Å²) in [7, 11) is 0. The van der Waals surface area contributed by atoms with Gasteiger partial charge in [-0.3, -0.25) is 0 Å². The molecule has 0 aliphatic heterocycles. The highest BCUT2D eigenvalue weighted by atomic mass is 35.5. The number of hydrogen-bond acceptors (Lipinski definition) is 2. The van der Waals surface area contributed by atoms with Crippen molar-refractivity contribution in [3.8, 4) is 0 Å². The molecule has 0 amide bonds. The van der Waals surface area contributed by atoms with Crippen molar-refractivity contribution in [1.82, 2.24) is 4.98 Å². The Labute approximate surface area is 70.3 Å². The molecule has 3 heteroatoms. The fourth-order valence-electron chi connectivity index (χ4n) is 0.754. The van der Waals surface area contributed by atoms with Gasteiger partial charge in [-0.15, -0.1) is 0 Å². The number of nitrogens with zero attached hydrogens (tertiary/aromatic N) is 2.